The number of nitrogens with zero attached hydrogens (tertiary/aromatic N) is 1. The zero-order chi connectivity index (χ0) is 27.1. The Balaban J connectivity index is 1.93. The van der Waals surface area contributed by atoms with Crippen LogP contribution < -0.4 is 10.2 Å². The maximum Gasteiger partial charge on any atom is 0.300 e. The van der Waals surface area contributed by atoms with Crippen LogP contribution in [0.25, 0.3) is 5.76 Å². The minimum atomic E-state index is -0.938. The molecule has 190 valence electrons. The van der Waals surface area contributed by atoms with E-state index >= 15 is 0 Å². The lowest BCUT2D eigenvalue weighted by Crippen LogP contribution is -2.29. The van der Waals surface area contributed by atoms with Gasteiger partial charge in [0.05, 0.1) is 11.6 Å². The van der Waals surface area contributed by atoms with Crippen molar-refractivity contribution in [2.24, 2.45) is 0 Å². The van der Waals surface area contributed by atoms with Crippen molar-refractivity contribution in [3.8, 4) is 0 Å². The molecular formula is C30H29FN2O4. The van der Waals surface area contributed by atoms with Gasteiger partial charge in [0, 0.05) is 23.9 Å². The summed E-state index contributed by atoms with van der Waals surface area (Å²) in [6.45, 7) is 9.18. The number of nitrogens with one attached hydrogen (secondary N) is 1. The second-order valence-corrected chi connectivity index (χ2v) is 10.2. The Morgan fingerprint density at radius 3 is 2.27 bits per heavy atom. The first kappa shape index (κ1) is 25.8. The van der Waals surface area contributed by atoms with E-state index in [2.05, 4.69) is 26.1 Å². The van der Waals surface area contributed by atoms with E-state index in [1.807, 2.05) is 24.3 Å². The fourth-order valence-corrected chi connectivity index (χ4v) is 4.46. The quantitative estimate of drug-likeness (QED) is 0.261. The van der Waals surface area contributed by atoms with Crippen molar-refractivity contribution >= 4 is 34.7 Å². The molecule has 1 atom stereocenters. The van der Waals surface area contributed by atoms with E-state index in [0.717, 1.165) is 5.56 Å². The van der Waals surface area contributed by atoms with E-state index in [0.29, 0.717) is 22.5 Å². The van der Waals surface area contributed by atoms with Gasteiger partial charge in [-0.1, -0.05) is 51.1 Å². The number of carbonyl (C=O) groups is 3. The number of hydrogen-bond donors (Lipinski definition) is 2. The predicted molar refractivity (Wildman–Crippen MR) is 142 cm³/mol. The fraction of sp³-hybridized carbons (Fsp3) is 0.233. The molecule has 7 heteroatoms. The number of carbonyl (C=O) groups excluding carboxylic acids is 3. The zero-order valence-corrected chi connectivity index (χ0v) is 21.4. The molecule has 1 saturated heterocycles. The van der Waals surface area contributed by atoms with Crippen LogP contribution in [-0.4, -0.2) is 22.7 Å². The number of Topliss-reactive ketones (excluding diaryl/α,β-unsaturated/α-hetero) is 1. The number of aliphatic hydroxyl groups excluding tert-OH is 1. The van der Waals surface area contributed by atoms with Gasteiger partial charge in [-0.2, -0.15) is 0 Å². The van der Waals surface area contributed by atoms with E-state index in [-0.39, 0.29) is 28.2 Å². The van der Waals surface area contributed by atoms with Crippen LogP contribution in [0, 0.1) is 12.7 Å². The zero-order valence-electron chi connectivity index (χ0n) is 21.4. The molecule has 1 aliphatic rings. The van der Waals surface area contributed by atoms with Crippen molar-refractivity contribution in [3.63, 3.8) is 0 Å². The molecule has 3 aromatic rings. The molecule has 0 aromatic heterocycles. The number of benzene rings is 3. The average molecular weight is 501 g/mol. The third-order valence-corrected chi connectivity index (χ3v) is 6.41. The summed E-state index contributed by atoms with van der Waals surface area (Å²) in [5, 5.41) is 14.0. The van der Waals surface area contributed by atoms with Crippen molar-refractivity contribution in [1.82, 2.24) is 0 Å². The van der Waals surface area contributed by atoms with Gasteiger partial charge in [0.15, 0.2) is 0 Å². The minimum absolute atomic E-state index is 0.0931. The molecule has 1 unspecified atom stereocenters. The summed E-state index contributed by atoms with van der Waals surface area (Å²) in [6.07, 6.45) is 0. The second kappa shape index (κ2) is 9.65. The molecule has 0 spiro atoms. The highest BCUT2D eigenvalue weighted by Gasteiger charge is 2.47. The van der Waals surface area contributed by atoms with Crippen molar-refractivity contribution in [3.05, 3.63) is 100 Å². The number of aliphatic hydroxyl groups is 1. The highest BCUT2D eigenvalue weighted by molar-refractivity contribution is 6.51. The van der Waals surface area contributed by atoms with E-state index in [9.17, 15) is 23.9 Å². The van der Waals surface area contributed by atoms with E-state index < -0.39 is 23.5 Å². The number of rotatable bonds is 4. The largest absolute Gasteiger partial charge is 0.507 e. The summed E-state index contributed by atoms with van der Waals surface area (Å²) in [5.74, 6) is -2.77. The smallest absolute Gasteiger partial charge is 0.300 e. The topological polar surface area (TPSA) is 86.7 Å². The first-order chi connectivity index (χ1) is 17.4. The first-order valence-corrected chi connectivity index (χ1v) is 11.9. The van der Waals surface area contributed by atoms with Crippen LogP contribution in [0.2, 0.25) is 0 Å². The number of aryl methyl sites for hydroxylation is 1. The van der Waals surface area contributed by atoms with Gasteiger partial charge in [0.1, 0.15) is 11.6 Å². The molecule has 3 aromatic carbocycles. The maximum absolute atomic E-state index is 13.9. The van der Waals surface area contributed by atoms with Gasteiger partial charge in [-0.05, 0) is 65.4 Å². The summed E-state index contributed by atoms with van der Waals surface area (Å²) in [6, 6.07) is 17.3. The summed E-state index contributed by atoms with van der Waals surface area (Å²) in [5.41, 5.74) is 2.86. The molecule has 37 heavy (non-hydrogen) atoms. The second-order valence-electron chi connectivity index (χ2n) is 10.2. The third-order valence-electron chi connectivity index (χ3n) is 6.41. The van der Waals surface area contributed by atoms with Gasteiger partial charge in [0.25, 0.3) is 11.7 Å². The summed E-state index contributed by atoms with van der Waals surface area (Å²) >= 11 is 0. The van der Waals surface area contributed by atoms with Crippen LogP contribution >= 0.6 is 0 Å². The molecule has 4 rings (SSSR count). The monoisotopic (exact) mass is 500 g/mol. The lowest BCUT2D eigenvalue weighted by Gasteiger charge is -2.27. The molecule has 0 saturated carbocycles. The lowest BCUT2D eigenvalue weighted by molar-refractivity contribution is -0.132. The van der Waals surface area contributed by atoms with Crippen LogP contribution in [0.4, 0.5) is 15.8 Å². The van der Waals surface area contributed by atoms with Gasteiger partial charge in [0.2, 0.25) is 5.91 Å². The first-order valence-electron chi connectivity index (χ1n) is 11.9. The van der Waals surface area contributed by atoms with Gasteiger partial charge in [-0.3, -0.25) is 19.3 Å². The van der Waals surface area contributed by atoms with Crippen LogP contribution in [0.3, 0.4) is 0 Å². The number of anilines is 2. The summed E-state index contributed by atoms with van der Waals surface area (Å²) in [7, 11) is 0. The Morgan fingerprint density at radius 1 is 1.00 bits per heavy atom. The molecule has 1 fully saturated rings. The highest BCUT2D eigenvalue weighted by Crippen LogP contribution is 2.43. The highest BCUT2D eigenvalue weighted by atomic mass is 19.1. The number of ketones is 1. The third kappa shape index (κ3) is 5.03. The van der Waals surface area contributed by atoms with Gasteiger partial charge >= 0.3 is 0 Å². The number of amides is 2. The molecule has 1 heterocycles. The molecular weight excluding hydrogens is 471 g/mol. The maximum atomic E-state index is 13.9. The van der Waals surface area contributed by atoms with Crippen LogP contribution in [-0.2, 0) is 19.8 Å². The molecule has 0 radical (unpaired) electrons. The Labute approximate surface area is 215 Å². The summed E-state index contributed by atoms with van der Waals surface area (Å²) in [4.78, 5) is 39.7. The van der Waals surface area contributed by atoms with E-state index in [4.69, 9.17) is 0 Å². The molecule has 2 N–H and O–H groups in total. The molecule has 0 bridgehead atoms. The standard InChI is InChI=1S/C30H29FN2O4/c1-17-15-20(11-14-24(17)31)27(35)25-26(19-9-12-21(13-10-19)30(3,4)5)33(29(37)28(25)36)23-8-6-7-22(16-23)32-18(2)34/h6-16,26,35H,1-5H3,(H,32,34)/b27-25+. The van der Waals surface area contributed by atoms with Crippen molar-refractivity contribution in [2.45, 2.75) is 46.1 Å². The van der Waals surface area contributed by atoms with Gasteiger partial charge < -0.3 is 10.4 Å². The Morgan fingerprint density at radius 2 is 1.68 bits per heavy atom. The Hall–Kier alpha value is -4.26. The van der Waals surface area contributed by atoms with Crippen LogP contribution in [0.15, 0.2) is 72.3 Å². The molecule has 1 aliphatic heterocycles. The van der Waals surface area contributed by atoms with Crippen molar-refractivity contribution in [2.75, 3.05) is 10.2 Å². The Kier molecular flexibility index (Phi) is 6.74. The fourth-order valence-electron chi connectivity index (χ4n) is 4.46. The molecule has 0 aliphatic carbocycles. The van der Waals surface area contributed by atoms with Crippen molar-refractivity contribution < 1.29 is 23.9 Å². The van der Waals surface area contributed by atoms with Crippen LogP contribution in [0.5, 0.6) is 0 Å². The van der Waals surface area contributed by atoms with E-state index in [1.54, 1.807) is 31.2 Å². The number of hydrogen-bond acceptors (Lipinski definition) is 4. The lowest BCUT2D eigenvalue weighted by atomic mass is 9.85. The van der Waals surface area contributed by atoms with Gasteiger partial charge in [-0.25, -0.2) is 4.39 Å². The molecule has 2 amide bonds. The normalized spacial score (nSPS) is 17.2. The van der Waals surface area contributed by atoms with E-state index in [1.165, 1.54) is 30.0 Å². The van der Waals surface area contributed by atoms with Gasteiger partial charge in [-0.15, -0.1) is 0 Å². The summed E-state index contributed by atoms with van der Waals surface area (Å²) < 4.78 is 13.9. The predicted octanol–water partition coefficient (Wildman–Crippen LogP) is 6.02. The van der Waals surface area contributed by atoms with Crippen molar-refractivity contribution in [1.29, 1.82) is 0 Å². The SMILES string of the molecule is CC(=O)Nc1cccc(N2C(=O)C(=O)/C(=C(/O)c3ccc(F)c(C)c3)C2c2ccc(C(C)(C)C)cc2)c1. The number of halogens is 1. The molecule has 6 nitrogen and oxygen atoms in total. The van der Waals surface area contributed by atoms with Crippen LogP contribution in [0.1, 0.15) is 56.0 Å². The Bertz CT molecular complexity index is 1430. The minimum Gasteiger partial charge on any atom is -0.507 e. The average Bonchev–Trinajstić information content (AvgIpc) is 3.10.